The van der Waals surface area contributed by atoms with Crippen LogP contribution in [0.1, 0.15) is 80.6 Å². The van der Waals surface area contributed by atoms with Crippen molar-refractivity contribution in [2.45, 2.75) is 86.7 Å². The van der Waals surface area contributed by atoms with Gasteiger partial charge in [0.1, 0.15) is 0 Å². The van der Waals surface area contributed by atoms with Gasteiger partial charge in [-0.2, -0.15) is 13.2 Å². The Hall–Kier alpha value is -1.27. The highest BCUT2D eigenvalue weighted by atomic mass is 19.4. The van der Waals surface area contributed by atoms with Crippen molar-refractivity contribution in [1.29, 1.82) is 0 Å². The molecule has 0 aromatic rings. The van der Waals surface area contributed by atoms with Crippen LogP contribution in [0.15, 0.2) is 0 Å². The normalized spacial score (nSPS) is 15.8. The molecule has 0 spiro atoms. The molecule has 0 bridgehead atoms. The van der Waals surface area contributed by atoms with E-state index in [2.05, 4.69) is 0 Å². The van der Waals surface area contributed by atoms with E-state index in [4.69, 9.17) is 9.47 Å². The zero-order valence-corrected chi connectivity index (χ0v) is 18.4. The fourth-order valence-electron chi connectivity index (χ4n) is 2.82. The number of unbranched alkanes of at least 4 members (excludes halogenated alkanes) is 1. The Bertz CT molecular complexity index is 495. The Kier molecular flexibility index (Phi) is 10.6. The van der Waals surface area contributed by atoms with Gasteiger partial charge in [-0.3, -0.25) is 9.59 Å². The summed E-state index contributed by atoms with van der Waals surface area (Å²) in [6.45, 7) is 12.8. The lowest BCUT2D eigenvalue weighted by Gasteiger charge is -2.35. The van der Waals surface area contributed by atoms with Gasteiger partial charge in [-0.1, -0.05) is 48.0 Å². The highest BCUT2D eigenvalue weighted by molar-refractivity contribution is 5.77. The third kappa shape index (κ3) is 9.28. The molecule has 0 aliphatic heterocycles. The summed E-state index contributed by atoms with van der Waals surface area (Å²) in [5.41, 5.74) is -1.33. The van der Waals surface area contributed by atoms with Gasteiger partial charge in [-0.25, -0.2) is 0 Å². The average Bonchev–Trinajstić information content (AvgIpc) is 2.52. The van der Waals surface area contributed by atoms with E-state index in [0.717, 1.165) is 12.8 Å². The lowest BCUT2D eigenvalue weighted by molar-refractivity contribution is -0.170. The number of hydrogen-bond acceptors (Lipinski definition) is 4. The molecule has 0 aliphatic rings. The summed E-state index contributed by atoms with van der Waals surface area (Å²) in [6, 6.07) is 0. The van der Waals surface area contributed by atoms with Crippen molar-refractivity contribution in [3.63, 3.8) is 0 Å². The molecule has 0 radical (unpaired) electrons. The van der Waals surface area contributed by atoms with Crippen LogP contribution in [-0.4, -0.2) is 31.3 Å². The van der Waals surface area contributed by atoms with E-state index in [1.165, 1.54) is 0 Å². The SMILES string of the molecule is CCCCOC(=O)C(CCC(C)(C(=O)OCCC(F)(F)F)C(C)C)C(C)(C)C. The lowest BCUT2D eigenvalue weighted by atomic mass is 9.70. The van der Waals surface area contributed by atoms with E-state index >= 15 is 0 Å². The fraction of sp³-hybridized carbons (Fsp3) is 0.905. The van der Waals surface area contributed by atoms with Gasteiger partial charge in [-0.05, 0) is 37.5 Å². The number of halogens is 3. The zero-order valence-electron chi connectivity index (χ0n) is 18.4. The van der Waals surface area contributed by atoms with Crippen LogP contribution in [0.2, 0.25) is 0 Å². The highest BCUT2D eigenvalue weighted by Crippen LogP contribution is 2.39. The molecular weight excluding hydrogens is 373 g/mol. The molecule has 2 atom stereocenters. The smallest absolute Gasteiger partial charge is 0.392 e. The third-order valence-corrected chi connectivity index (χ3v) is 5.38. The predicted octanol–water partition coefficient (Wildman–Crippen LogP) is 5.93. The topological polar surface area (TPSA) is 52.6 Å². The number of esters is 2. The van der Waals surface area contributed by atoms with Crippen molar-refractivity contribution in [3.8, 4) is 0 Å². The van der Waals surface area contributed by atoms with E-state index in [0.29, 0.717) is 19.4 Å². The maximum absolute atomic E-state index is 12.5. The molecule has 0 aliphatic carbocycles. The summed E-state index contributed by atoms with van der Waals surface area (Å²) >= 11 is 0. The summed E-state index contributed by atoms with van der Waals surface area (Å²) < 4.78 is 47.3. The van der Waals surface area contributed by atoms with Crippen molar-refractivity contribution in [1.82, 2.24) is 0 Å². The second-order valence-corrected chi connectivity index (χ2v) is 9.05. The molecule has 0 saturated heterocycles. The number of hydrogen-bond donors (Lipinski definition) is 0. The van der Waals surface area contributed by atoms with Crippen molar-refractivity contribution >= 4 is 11.9 Å². The number of carbonyl (C=O) groups excluding carboxylic acids is 2. The van der Waals surface area contributed by atoms with E-state index < -0.39 is 36.5 Å². The van der Waals surface area contributed by atoms with Gasteiger partial charge >= 0.3 is 18.1 Å². The minimum Gasteiger partial charge on any atom is -0.465 e. The molecule has 166 valence electrons. The van der Waals surface area contributed by atoms with E-state index in [9.17, 15) is 22.8 Å². The van der Waals surface area contributed by atoms with Crippen LogP contribution in [0.25, 0.3) is 0 Å². The predicted molar refractivity (Wildman–Crippen MR) is 103 cm³/mol. The average molecular weight is 411 g/mol. The maximum atomic E-state index is 12.5. The monoisotopic (exact) mass is 410 g/mol. The first-order valence-corrected chi connectivity index (χ1v) is 10.1. The first-order chi connectivity index (χ1) is 12.6. The Morgan fingerprint density at radius 2 is 1.50 bits per heavy atom. The van der Waals surface area contributed by atoms with Crippen LogP contribution < -0.4 is 0 Å². The number of rotatable bonds is 11. The molecule has 0 rings (SSSR count). The molecule has 0 aromatic heterocycles. The van der Waals surface area contributed by atoms with Crippen molar-refractivity contribution in [2.24, 2.45) is 22.7 Å². The molecule has 0 saturated carbocycles. The second-order valence-electron chi connectivity index (χ2n) is 9.05. The van der Waals surface area contributed by atoms with Gasteiger partial charge in [0.05, 0.1) is 31.0 Å². The van der Waals surface area contributed by atoms with Crippen LogP contribution >= 0.6 is 0 Å². The highest BCUT2D eigenvalue weighted by Gasteiger charge is 2.42. The van der Waals surface area contributed by atoms with Gasteiger partial charge in [0.15, 0.2) is 0 Å². The number of alkyl halides is 3. The van der Waals surface area contributed by atoms with Gasteiger partial charge in [0.25, 0.3) is 0 Å². The van der Waals surface area contributed by atoms with E-state index in [-0.39, 0.29) is 17.3 Å². The first kappa shape index (κ1) is 26.7. The van der Waals surface area contributed by atoms with Crippen molar-refractivity contribution < 1.29 is 32.2 Å². The molecule has 0 heterocycles. The number of ether oxygens (including phenoxy) is 2. The number of carbonyl (C=O) groups is 2. The largest absolute Gasteiger partial charge is 0.465 e. The molecule has 0 aromatic carbocycles. The molecule has 2 unspecified atom stereocenters. The minimum absolute atomic E-state index is 0.150. The molecule has 0 fully saturated rings. The van der Waals surface area contributed by atoms with Gasteiger partial charge in [0.2, 0.25) is 0 Å². The van der Waals surface area contributed by atoms with Gasteiger partial charge in [-0.15, -0.1) is 0 Å². The van der Waals surface area contributed by atoms with Crippen LogP contribution in [-0.2, 0) is 19.1 Å². The third-order valence-electron chi connectivity index (χ3n) is 5.38. The van der Waals surface area contributed by atoms with Gasteiger partial charge in [0, 0.05) is 0 Å². The zero-order chi connectivity index (χ0) is 22.2. The molecular formula is C21H37F3O4. The minimum atomic E-state index is -4.37. The summed E-state index contributed by atoms with van der Waals surface area (Å²) in [4.78, 5) is 25.1. The lowest BCUT2D eigenvalue weighted by Crippen LogP contribution is -2.38. The summed E-state index contributed by atoms with van der Waals surface area (Å²) in [7, 11) is 0. The summed E-state index contributed by atoms with van der Waals surface area (Å²) in [5, 5.41) is 0. The second kappa shape index (κ2) is 11.1. The van der Waals surface area contributed by atoms with Gasteiger partial charge < -0.3 is 9.47 Å². The standard InChI is InChI=1S/C21H37F3O4/c1-8-9-13-27-17(25)16(19(4,5)6)10-11-20(7,15(2)3)18(26)28-14-12-21(22,23)24/h15-16H,8-14H2,1-7H3. The Morgan fingerprint density at radius 1 is 0.929 bits per heavy atom. The first-order valence-electron chi connectivity index (χ1n) is 10.1. The van der Waals surface area contributed by atoms with Crippen LogP contribution in [0, 0.1) is 22.7 Å². The molecule has 4 nitrogen and oxygen atoms in total. The van der Waals surface area contributed by atoms with Crippen LogP contribution in [0.4, 0.5) is 13.2 Å². The summed E-state index contributed by atoms with van der Waals surface area (Å²) in [5.74, 6) is -1.51. The molecule has 0 N–H and O–H groups in total. The quantitative estimate of drug-likeness (QED) is 0.313. The maximum Gasteiger partial charge on any atom is 0.392 e. The van der Waals surface area contributed by atoms with Crippen molar-refractivity contribution in [3.05, 3.63) is 0 Å². The van der Waals surface area contributed by atoms with E-state index in [1.54, 1.807) is 6.92 Å². The summed E-state index contributed by atoms with van der Waals surface area (Å²) in [6.07, 6.45) is -3.09. The van der Waals surface area contributed by atoms with Crippen molar-refractivity contribution in [2.75, 3.05) is 13.2 Å². The fourth-order valence-corrected chi connectivity index (χ4v) is 2.82. The molecule has 0 amide bonds. The Balaban J connectivity index is 5.11. The Morgan fingerprint density at radius 3 is 1.93 bits per heavy atom. The molecule has 7 heteroatoms. The van der Waals surface area contributed by atoms with Crippen LogP contribution in [0.3, 0.4) is 0 Å². The Labute approximate surface area is 167 Å². The van der Waals surface area contributed by atoms with Crippen LogP contribution in [0.5, 0.6) is 0 Å². The molecule has 28 heavy (non-hydrogen) atoms. The van der Waals surface area contributed by atoms with E-state index in [1.807, 2.05) is 41.5 Å².